The van der Waals surface area contributed by atoms with Crippen molar-refractivity contribution in [2.45, 2.75) is 64.6 Å². The first kappa shape index (κ1) is 22.2. The van der Waals surface area contributed by atoms with Gasteiger partial charge >= 0.3 is 19.2 Å². The van der Waals surface area contributed by atoms with Gasteiger partial charge in [-0.15, -0.1) is 0 Å². The van der Waals surface area contributed by atoms with E-state index in [0.29, 0.717) is 11.0 Å². The highest BCUT2D eigenvalue weighted by Gasteiger charge is 2.59. The number of hydrogen-bond acceptors (Lipinski definition) is 6. The Balaban J connectivity index is 2.15. The van der Waals surface area contributed by atoms with Gasteiger partial charge in [-0.3, -0.25) is 5.32 Å². The maximum Gasteiger partial charge on any atom is 0.494 e. The number of ether oxygens (including phenoxy) is 2. The average Bonchev–Trinajstić information content (AvgIpc) is 2.83. The number of esters is 1. The highest BCUT2D eigenvalue weighted by Crippen LogP contribution is 2.40. The number of amides is 1. The number of methoxy groups -OCH3 is 1. The molecule has 0 aliphatic carbocycles. The van der Waals surface area contributed by atoms with Crippen molar-refractivity contribution in [1.29, 1.82) is 0 Å². The molecule has 1 aromatic rings. The molecule has 9 heteroatoms. The van der Waals surface area contributed by atoms with Gasteiger partial charge in [0.2, 0.25) is 6.30 Å². The molecule has 28 heavy (non-hydrogen) atoms. The summed E-state index contributed by atoms with van der Waals surface area (Å²) in [5, 5.41) is 2.18. The molecule has 2 unspecified atom stereocenters. The Labute approximate surface area is 165 Å². The Morgan fingerprint density at radius 3 is 2.21 bits per heavy atom. The fraction of sp³-hybridized carbons (Fsp3) is 0.579. The predicted octanol–water partition coefficient (Wildman–Crippen LogP) is 2.57. The fourth-order valence-electron chi connectivity index (χ4n) is 2.72. The smallest absolute Gasteiger partial charge is 0.465 e. The summed E-state index contributed by atoms with van der Waals surface area (Å²) in [6.07, 6.45) is -2.76. The van der Waals surface area contributed by atoms with Crippen molar-refractivity contribution in [1.82, 2.24) is 5.32 Å². The molecule has 2 rings (SSSR count). The van der Waals surface area contributed by atoms with Crippen LogP contribution in [-0.4, -0.2) is 49.4 Å². The van der Waals surface area contributed by atoms with E-state index in [0.717, 1.165) is 0 Å². The van der Waals surface area contributed by atoms with Crippen LogP contribution < -0.4 is 10.8 Å². The van der Waals surface area contributed by atoms with E-state index >= 15 is 4.39 Å². The summed E-state index contributed by atoms with van der Waals surface area (Å²) in [6, 6.07) is 6.44. The second-order valence-electron chi connectivity index (χ2n) is 8.31. The van der Waals surface area contributed by atoms with Crippen LogP contribution in [0.1, 0.15) is 51.9 Å². The van der Waals surface area contributed by atoms with Crippen LogP contribution in [0.15, 0.2) is 24.3 Å². The molecule has 1 fully saturated rings. The Morgan fingerprint density at radius 1 is 1.14 bits per heavy atom. The molecule has 0 saturated carbocycles. The summed E-state index contributed by atoms with van der Waals surface area (Å²) in [7, 11) is 0.428. The number of rotatable bonds is 4. The van der Waals surface area contributed by atoms with E-state index in [-0.39, 0.29) is 0 Å². The van der Waals surface area contributed by atoms with Crippen molar-refractivity contribution in [3.8, 4) is 0 Å². The molecule has 0 spiro atoms. The molecule has 1 heterocycles. The van der Waals surface area contributed by atoms with Gasteiger partial charge in [0, 0.05) is 0 Å². The maximum absolute atomic E-state index is 15.0. The van der Waals surface area contributed by atoms with Crippen LogP contribution in [0.4, 0.5) is 9.18 Å². The summed E-state index contributed by atoms with van der Waals surface area (Å²) in [5.74, 6) is -0.463. The van der Waals surface area contributed by atoms with Crippen molar-refractivity contribution < 1.29 is 32.8 Å². The zero-order valence-corrected chi connectivity index (χ0v) is 17.3. The largest absolute Gasteiger partial charge is 0.494 e. The van der Waals surface area contributed by atoms with Gasteiger partial charge in [-0.25, -0.2) is 14.0 Å². The van der Waals surface area contributed by atoms with Crippen molar-refractivity contribution in [3.63, 3.8) is 0 Å². The van der Waals surface area contributed by atoms with E-state index in [4.69, 9.17) is 14.0 Å². The summed E-state index contributed by atoms with van der Waals surface area (Å²) in [5.41, 5.74) is -2.31. The molecule has 0 radical (unpaired) electrons. The minimum Gasteiger partial charge on any atom is -0.465 e. The van der Waals surface area contributed by atoms with Crippen molar-refractivity contribution in [2.75, 3.05) is 7.11 Å². The molecule has 7 nitrogen and oxygen atoms in total. The summed E-state index contributed by atoms with van der Waals surface area (Å²) < 4.78 is 36.6. The first-order valence-electron chi connectivity index (χ1n) is 8.96. The highest BCUT2D eigenvalue weighted by atomic mass is 19.1. The van der Waals surface area contributed by atoms with Gasteiger partial charge in [0.1, 0.15) is 11.2 Å². The van der Waals surface area contributed by atoms with E-state index < -0.39 is 42.3 Å². The van der Waals surface area contributed by atoms with Crippen LogP contribution in [0.5, 0.6) is 0 Å². The normalized spacial score (nSPS) is 22.5. The summed E-state index contributed by atoms with van der Waals surface area (Å²) >= 11 is 0. The highest BCUT2D eigenvalue weighted by molar-refractivity contribution is 6.62. The molecule has 154 valence electrons. The standard InChI is InChI=1S/C19H27BFNO6/c1-17(2,3)26-16(24)22-15(21)19(6)18(4,5)27-20(28-19)13-10-8-12(9-11-13)14(23)25-7/h8-11,15H,1-7H3,(H,22,24). The molecule has 1 aliphatic heterocycles. The molecular formula is C19H27BFNO6. The van der Waals surface area contributed by atoms with Gasteiger partial charge in [-0.1, -0.05) is 12.1 Å². The Morgan fingerprint density at radius 2 is 1.71 bits per heavy atom. The SMILES string of the molecule is COC(=O)c1ccc(B2OC(C)(C)C(C)(C(F)NC(=O)OC(C)(C)C)O2)cc1. The van der Waals surface area contributed by atoms with E-state index in [1.165, 1.54) is 14.0 Å². The zero-order valence-electron chi connectivity index (χ0n) is 17.3. The van der Waals surface area contributed by atoms with Gasteiger partial charge in [-0.05, 0) is 59.1 Å². The third-order valence-electron chi connectivity index (χ3n) is 4.68. The second-order valence-corrected chi connectivity index (χ2v) is 8.31. The van der Waals surface area contributed by atoms with Crippen molar-refractivity contribution >= 4 is 24.6 Å². The van der Waals surface area contributed by atoms with Gasteiger partial charge in [0.15, 0.2) is 0 Å². The summed E-state index contributed by atoms with van der Waals surface area (Å²) in [4.78, 5) is 23.5. The van der Waals surface area contributed by atoms with Crippen LogP contribution in [0.25, 0.3) is 0 Å². The number of carbonyl (C=O) groups excluding carboxylic acids is 2. The lowest BCUT2D eigenvalue weighted by molar-refractivity contribution is -0.0776. The molecule has 0 bridgehead atoms. The average molecular weight is 395 g/mol. The van der Waals surface area contributed by atoms with Crippen molar-refractivity contribution in [2.24, 2.45) is 0 Å². The number of carbonyl (C=O) groups is 2. The molecule has 2 atom stereocenters. The van der Waals surface area contributed by atoms with E-state index in [2.05, 4.69) is 10.1 Å². The lowest BCUT2D eigenvalue weighted by Gasteiger charge is -2.38. The molecule has 1 saturated heterocycles. The van der Waals surface area contributed by atoms with Crippen LogP contribution >= 0.6 is 0 Å². The Bertz CT molecular complexity index is 733. The van der Waals surface area contributed by atoms with Gasteiger partial charge in [-0.2, -0.15) is 0 Å². The number of nitrogens with one attached hydrogen (secondary N) is 1. The molecule has 1 aliphatic rings. The summed E-state index contributed by atoms with van der Waals surface area (Å²) in [6.45, 7) is 9.95. The fourth-order valence-corrected chi connectivity index (χ4v) is 2.72. The Kier molecular flexibility index (Phi) is 6.11. The monoisotopic (exact) mass is 395 g/mol. The van der Waals surface area contributed by atoms with Gasteiger partial charge in [0.05, 0.1) is 18.3 Å². The second kappa shape index (κ2) is 7.71. The number of alkyl carbamates (subject to hydrolysis) is 1. The first-order chi connectivity index (χ1) is 12.8. The minimum absolute atomic E-state index is 0.376. The Hall–Kier alpha value is -2.13. The first-order valence-corrected chi connectivity index (χ1v) is 8.96. The minimum atomic E-state index is -1.88. The molecule has 1 amide bonds. The third-order valence-corrected chi connectivity index (χ3v) is 4.68. The van der Waals surface area contributed by atoms with Crippen LogP contribution in [0, 0.1) is 0 Å². The van der Waals surface area contributed by atoms with Crippen LogP contribution in [-0.2, 0) is 18.8 Å². The molecule has 1 aromatic carbocycles. The van der Waals surface area contributed by atoms with Gasteiger partial charge in [0.25, 0.3) is 0 Å². The number of halogens is 1. The molecular weight excluding hydrogens is 368 g/mol. The zero-order chi connectivity index (χ0) is 21.3. The lowest BCUT2D eigenvalue weighted by Crippen LogP contribution is -2.58. The topological polar surface area (TPSA) is 83.1 Å². The maximum atomic E-state index is 15.0. The van der Waals surface area contributed by atoms with Crippen LogP contribution in [0.3, 0.4) is 0 Å². The molecule has 1 N–H and O–H groups in total. The quantitative estimate of drug-likeness (QED) is 0.480. The number of alkyl halides is 1. The lowest BCUT2D eigenvalue weighted by atomic mass is 9.79. The van der Waals surface area contributed by atoms with E-state index in [9.17, 15) is 9.59 Å². The third kappa shape index (κ3) is 4.64. The van der Waals surface area contributed by atoms with E-state index in [1.807, 2.05) is 0 Å². The van der Waals surface area contributed by atoms with E-state index in [1.54, 1.807) is 58.9 Å². The predicted molar refractivity (Wildman–Crippen MR) is 102 cm³/mol. The number of hydrogen-bond donors (Lipinski definition) is 1. The van der Waals surface area contributed by atoms with Crippen LogP contribution in [0.2, 0.25) is 0 Å². The molecule has 0 aromatic heterocycles. The number of benzene rings is 1. The van der Waals surface area contributed by atoms with Crippen molar-refractivity contribution in [3.05, 3.63) is 29.8 Å². The van der Waals surface area contributed by atoms with Gasteiger partial charge < -0.3 is 18.8 Å².